The smallest absolute Gasteiger partial charge is 0.258 e. The van der Waals surface area contributed by atoms with Crippen LogP contribution in [0.1, 0.15) is 24.6 Å². The molecule has 0 saturated heterocycles. The number of hydrogen-bond donors (Lipinski definition) is 1. The van der Waals surface area contributed by atoms with Crippen LogP contribution in [0.3, 0.4) is 0 Å². The number of hydrogen-bond acceptors (Lipinski definition) is 4. The zero-order valence-corrected chi connectivity index (χ0v) is 16.4. The molecule has 0 spiro atoms. The van der Waals surface area contributed by atoms with Crippen LogP contribution in [0.2, 0.25) is 5.02 Å². The Balaban J connectivity index is 1.53. The molecule has 2 heterocycles. The van der Waals surface area contributed by atoms with Crippen LogP contribution in [0.4, 0.5) is 0 Å². The van der Waals surface area contributed by atoms with Crippen molar-refractivity contribution >= 4 is 22.5 Å². The second-order valence-corrected chi connectivity index (χ2v) is 7.27. The average molecular weight is 394 g/mol. The number of nitrogens with one attached hydrogen (secondary N) is 1. The van der Waals surface area contributed by atoms with Gasteiger partial charge in [-0.1, -0.05) is 23.7 Å². The second-order valence-electron chi connectivity index (χ2n) is 6.83. The first-order valence-electron chi connectivity index (χ1n) is 9.05. The highest BCUT2D eigenvalue weighted by molar-refractivity contribution is 6.30. The molecule has 0 radical (unpaired) electrons. The molecular formula is C22H20ClN3O2. The van der Waals surface area contributed by atoms with Crippen LogP contribution in [0, 0.1) is 0 Å². The van der Waals surface area contributed by atoms with E-state index in [4.69, 9.17) is 16.0 Å². The van der Waals surface area contributed by atoms with Crippen molar-refractivity contribution in [2.75, 3.05) is 7.05 Å². The summed E-state index contributed by atoms with van der Waals surface area (Å²) >= 11 is 5.95. The van der Waals surface area contributed by atoms with Gasteiger partial charge in [0.1, 0.15) is 17.3 Å². The van der Waals surface area contributed by atoms with E-state index in [1.165, 1.54) is 0 Å². The van der Waals surface area contributed by atoms with Gasteiger partial charge in [0, 0.05) is 10.6 Å². The molecule has 0 aliphatic rings. The van der Waals surface area contributed by atoms with Gasteiger partial charge in [0.05, 0.1) is 23.5 Å². The summed E-state index contributed by atoms with van der Waals surface area (Å²) in [5, 5.41) is 1.29. The van der Waals surface area contributed by atoms with Gasteiger partial charge in [-0.15, -0.1) is 0 Å². The highest BCUT2D eigenvalue weighted by Crippen LogP contribution is 2.25. The van der Waals surface area contributed by atoms with Gasteiger partial charge in [0.2, 0.25) is 0 Å². The maximum Gasteiger partial charge on any atom is 0.258 e. The summed E-state index contributed by atoms with van der Waals surface area (Å²) in [6, 6.07) is 18.7. The molecule has 5 nitrogen and oxygen atoms in total. The summed E-state index contributed by atoms with van der Waals surface area (Å²) in [6.45, 7) is 2.60. The Morgan fingerprint density at radius 1 is 1.11 bits per heavy atom. The highest BCUT2D eigenvalue weighted by atomic mass is 35.5. The quantitative estimate of drug-likeness (QED) is 0.516. The third-order valence-electron chi connectivity index (χ3n) is 4.88. The van der Waals surface area contributed by atoms with E-state index in [0.29, 0.717) is 28.3 Å². The van der Waals surface area contributed by atoms with Gasteiger partial charge in [0.15, 0.2) is 0 Å². The predicted octanol–water partition coefficient (Wildman–Crippen LogP) is 5.03. The van der Waals surface area contributed by atoms with Crippen molar-refractivity contribution in [1.29, 1.82) is 0 Å². The topological polar surface area (TPSA) is 62.1 Å². The lowest BCUT2D eigenvalue weighted by Crippen LogP contribution is -2.25. The minimum atomic E-state index is -0.121. The molecule has 0 bridgehead atoms. The van der Waals surface area contributed by atoms with Crippen LogP contribution >= 0.6 is 11.6 Å². The van der Waals surface area contributed by atoms with E-state index in [9.17, 15) is 4.79 Å². The van der Waals surface area contributed by atoms with Gasteiger partial charge in [-0.2, -0.15) is 0 Å². The number of fused-ring (bicyclic) bond motifs is 1. The van der Waals surface area contributed by atoms with Crippen molar-refractivity contribution in [3.8, 4) is 11.3 Å². The van der Waals surface area contributed by atoms with E-state index in [2.05, 4.69) is 14.9 Å². The van der Waals surface area contributed by atoms with E-state index in [1.54, 1.807) is 6.07 Å². The molecule has 2 aromatic heterocycles. The number of aromatic amines is 1. The van der Waals surface area contributed by atoms with Crippen LogP contribution in [0.15, 0.2) is 69.9 Å². The summed E-state index contributed by atoms with van der Waals surface area (Å²) in [7, 11) is 1.98. The summed E-state index contributed by atoms with van der Waals surface area (Å²) in [4.78, 5) is 21.9. The van der Waals surface area contributed by atoms with Crippen LogP contribution < -0.4 is 5.56 Å². The van der Waals surface area contributed by atoms with Gasteiger partial charge in [-0.3, -0.25) is 9.69 Å². The number of para-hydroxylation sites is 1. The Bertz CT molecular complexity index is 1160. The summed E-state index contributed by atoms with van der Waals surface area (Å²) in [5.74, 6) is 2.27. The van der Waals surface area contributed by atoms with Gasteiger partial charge in [-0.25, -0.2) is 4.98 Å². The third kappa shape index (κ3) is 3.72. The molecule has 2 aromatic carbocycles. The van der Waals surface area contributed by atoms with Gasteiger partial charge in [0.25, 0.3) is 5.56 Å². The standard InChI is InChI=1S/C22H20ClN3O2/c1-14(21-24-19-6-4-3-5-18(19)22(27)25-21)26(2)13-17-11-12-20(28-17)15-7-9-16(23)10-8-15/h3-12,14H,13H2,1-2H3,(H,24,25,27)/t14-/m0/s1. The fraction of sp³-hybridized carbons (Fsp3) is 0.182. The largest absolute Gasteiger partial charge is 0.460 e. The Labute approximate surface area is 167 Å². The summed E-state index contributed by atoms with van der Waals surface area (Å²) in [5.41, 5.74) is 1.56. The van der Waals surface area contributed by atoms with E-state index in [1.807, 2.05) is 68.6 Å². The van der Waals surface area contributed by atoms with Gasteiger partial charge >= 0.3 is 0 Å². The first-order valence-corrected chi connectivity index (χ1v) is 9.43. The Morgan fingerprint density at radius 2 is 1.86 bits per heavy atom. The van der Waals surface area contributed by atoms with Gasteiger partial charge in [-0.05, 0) is 62.5 Å². The van der Waals surface area contributed by atoms with Crippen LogP contribution in [-0.4, -0.2) is 21.9 Å². The normalized spacial score (nSPS) is 12.6. The number of nitrogens with zero attached hydrogens (tertiary/aromatic N) is 2. The molecule has 0 aliphatic heterocycles. The maximum atomic E-state index is 12.3. The molecule has 142 valence electrons. The van der Waals surface area contributed by atoms with Crippen molar-refractivity contribution in [3.63, 3.8) is 0 Å². The molecule has 0 aliphatic carbocycles. The van der Waals surface area contributed by atoms with Crippen LogP contribution in [-0.2, 0) is 6.54 Å². The van der Waals surface area contributed by atoms with E-state index < -0.39 is 0 Å². The van der Waals surface area contributed by atoms with Crippen molar-refractivity contribution in [1.82, 2.24) is 14.9 Å². The zero-order chi connectivity index (χ0) is 19.7. The molecule has 0 fully saturated rings. The molecule has 0 amide bonds. The van der Waals surface area contributed by atoms with E-state index >= 15 is 0 Å². The monoisotopic (exact) mass is 393 g/mol. The molecular weight excluding hydrogens is 374 g/mol. The Kier molecular flexibility index (Phi) is 5.03. The third-order valence-corrected chi connectivity index (χ3v) is 5.14. The average Bonchev–Trinajstić information content (AvgIpc) is 3.16. The molecule has 0 unspecified atom stereocenters. The predicted molar refractivity (Wildman–Crippen MR) is 111 cm³/mol. The summed E-state index contributed by atoms with van der Waals surface area (Å²) < 4.78 is 5.98. The first-order chi connectivity index (χ1) is 13.5. The van der Waals surface area contributed by atoms with Crippen LogP contribution in [0.25, 0.3) is 22.2 Å². The van der Waals surface area contributed by atoms with Crippen molar-refractivity contribution in [2.24, 2.45) is 0 Å². The fourth-order valence-electron chi connectivity index (χ4n) is 3.13. The lowest BCUT2D eigenvalue weighted by Gasteiger charge is -2.23. The molecule has 4 aromatic rings. The van der Waals surface area contributed by atoms with Crippen molar-refractivity contribution < 1.29 is 4.42 Å². The number of rotatable bonds is 5. The molecule has 1 atom stereocenters. The lowest BCUT2D eigenvalue weighted by molar-refractivity contribution is 0.225. The first kappa shape index (κ1) is 18.5. The number of furan rings is 1. The number of benzene rings is 2. The molecule has 1 N–H and O–H groups in total. The van der Waals surface area contributed by atoms with E-state index in [0.717, 1.165) is 17.1 Å². The number of aromatic nitrogens is 2. The number of H-pyrrole nitrogens is 1. The molecule has 0 saturated carbocycles. The molecule has 4 rings (SSSR count). The maximum absolute atomic E-state index is 12.3. The second kappa shape index (κ2) is 7.62. The Morgan fingerprint density at radius 3 is 2.64 bits per heavy atom. The Hall–Kier alpha value is -2.89. The highest BCUT2D eigenvalue weighted by Gasteiger charge is 2.17. The SMILES string of the molecule is C[C@@H](c1nc2ccccc2c(=O)[nH]1)N(C)Cc1ccc(-c2ccc(Cl)cc2)o1. The van der Waals surface area contributed by atoms with Crippen LogP contribution in [0.5, 0.6) is 0 Å². The van der Waals surface area contributed by atoms with E-state index in [-0.39, 0.29) is 11.6 Å². The molecule has 6 heteroatoms. The lowest BCUT2D eigenvalue weighted by atomic mass is 10.2. The fourth-order valence-corrected chi connectivity index (χ4v) is 3.25. The van der Waals surface area contributed by atoms with Crippen molar-refractivity contribution in [2.45, 2.75) is 19.5 Å². The minimum Gasteiger partial charge on any atom is -0.460 e. The molecule has 28 heavy (non-hydrogen) atoms. The zero-order valence-electron chi connectivity index (χ0n) is 15.6. The van der Waals surface area contributed by atoms with Crippen molar-refractivity contribution in [3.05, 3.63) is 87.6 Å². The summed E-state index contributed by atoms with van der Waals surface area (Å²) in [6.07, 6.45) is 0. The van der Waals surface area contributed by atoms with Gasteiger partial charge < -0.3 is 9.40 Å². The number of halogens is 1. The minimum absolute atomic E-state index is 0.0820.